The van der Waals surface area contributed by atoms with Gasteiger partial charge in [0.15, 0.2) is 11.5 Å². The summed E-state index contributed by atoms with van der Waals surface area (Å²) in [5.74, 6) is 1.32. The van der Waals surface area contributed by atoms with Crippen molar-refractivity contribution in [1.29, 1.82) is 0 Å². The molecule has 0 unspecified atom stereocenters. The van der Waals surface area contributed by atoms with Crippen LogP contribution in [0.1, 0.15) is 12.0 Å². The minimum Gasteiger partial charge on any atom is -0.493 e. The van der Waals surface area contributed by atoms with Gasteiger partial charge in [-0.3, -0.25) is 0 Å². The third-order valence-electron chi connectivity index (χ3n) is 2.68. The monoisotopic (exact) mass is 283 g/mol. The first-order valence-corrected chi connectivity index (χ1v) is 6.43. The van der Waals surface area contributed by atoms with Crippen LogP contribution in [-0.2, 0) is 11.2 Å². The average Bonchev–Trinajstić information content (AvgIpc) is 2.47. The van der Waals surface area contributed by atoms with Crippen LogP contribution in [0.3, 0.4) is 0 Å². The predicted molar refractivity (Wildman–Crippen MR) is 74.3 cm³/mol. The number of aliphatic hydroxyl groups excluding tert-OH is 1. The van der Waals surface area contributed by atoms with Crippen molar-refractivity contribution in [2.75, 3.05) is 34.0 Å². The van der Waals surface area contributed by atoms with Crippen LogP contribution in [0.25, 0.3) is 0 Å². The molecule has 0 fully saturated rings. The summed E-state index contributed by atoms with van der Waals surface area (Å²) in [5.41, 5.74) is 0.991. The number of carbonyl (C=O) groups excluding carboxylic acids is 1. The number of hydrogen-bond acceptors (Lipinski definition) is 5. The minimum atomic E-state index is -0.473. The standard InChI is InChI=1S/C14H21NO5/c1-18-12-5-4-11(10-13(12)19-2)6-9-20-14(17)15-7-3-8-16/h4-5,10,16H,3,6-9H2,1-2H3,(H,15,17). The topological polar surface area (TPSA) is 77.0 Å². The van der Waals surface area contributed by atoms with Gasteiger partial charge in [-0.15, -0.1) is 0 Å². The molecular weight excluding hydrogens is 262 g/mol. The van der Waals surface area contributed by atoms with Gasteiger partial charge < -0.3 is 24.6 Å². The van der Waals surface area contributed by atoms with E-state index >= 15 is 0 Å². The Morgan fingerprint density at radius 3 is 2.65 bits per heavy atom. The number of alkyl carbamates (subject to hydrolysis) is 1. The van der Waals surface area contributed by atoms with Crippen molar-refractivity contribution in [1.82, 2.24) is 5.32 Å². The van der Waals surface area contributed by atoms with Crippen molar-refractivity contribution in [2.24, 2.45) is 0 Å². The van der Waals surface area contributed by atoms with Crippen molar-refractivity contribution in [3.63, 3.8) is 0 Å². The maximum Gasteiger partial charge on any atom is 0.407 e. The van der Waals surface area contributed by atoms with E-state index < -0.39 is 6.09 Å². The Hall–Kier alpha value is -1.95. The van der Waals surface area contributed by atoms with E-state index in [9.17, 15) is 4.79 Å². The Bertz CT molecular complexity index is 422. The lowest BCUT2D eigenvalue weighted by Crippen LogP contribution is -2.26. The van der Waals surface area contributed by atoms with Gasteiger partial charge in [0.05, 0.1) is 20.8 Å². The second kappa shape index (κ2) is 9.03. The van der Waals surface area contributed by atoms with E-state index in [1.54, 1.807) is 14.2 Å². The molecule has 0 saturated carbocycles. The summed E-state index contributed by atoms with van der Waals surface area (Å²) in [7, 11) is 3.16. The molecule has 0 heterocycles. The normalized spacial score (nSPS) is 9.95. The first-order valence-electron chi connectivity index (χ1n) is 6.43. The maximum atomic E-state index is 11.3. The van der Waals surface area contributed by atoms with E-state index in [0.717, 1.165) is 5.56 Å². The quantitative estimate of drug-likeness (QED) is 0.704. The number of aliphatic hydroxyl groups is 1. The number of rotatable bonds is 8. The second-order valence-corrected chi connectivity index (χ2v) is 4.08. The summed E-state index contributed by atoms with van der Waals surface area (Å²) in [4.78, 5) is 11.3. The molecule has 6 heteroatoms. The van der Waals surface area contributed by atoms with Gasteiger partial charge in [0, 0.05) is 19.6 Å². The number of nitrogens with one attached hydrogen (secondary N) is 1. The smallest absolute Gasteiger partial charge is 0.407 e. The predicted octanol–water partition coefficient (Wildman–Crippen LogP) is 1.35. The van der Waals surface area contributed by atoms with Gasteiger partial charge in [0.1, 0.15) is 0 Å². The fourth-order valence-electron chi connectivity index (χ4n) is 1.62. The second-order valence-electron chi connectivity index (χ2n) is 4.08. The van der Waals surface area contributed by atoms with Crippen LogP contribution in [-0.4, -0.2) is 45.2 Å². The van der Waals surface area contributed by atoms with Gasteiger partial charge in [-0.05, 0) is 24.1 Å². The van der Waals surface area contributed by atoms with Gasteiger partial charge in [0.25, 0.3) is 0 Å². The first-order chi connectivity index (χ1) is 9.71. The largest absolute Gasteiger partial charge is 0.493 e. The third kappa shape index (κ3) is 5.36. The molecule has 1 aromatic carbocycles. The summed E-state index contributed by atoms with van der Waals surface area (Å²) in [6.45, 7) is 0.734. The summed E-state index contributed by atoms with van der Waals surface area (Å²) >= 11 is 0. The average molecular weight is 283 g/mol. The summed E-state index contributed by atoms with van der Waals surface area (Å²) in [6.07, 6.45) is 0.636. The SMILES string of the molecule is COc1ccc(CCOC(=O)NCCCO)cc1OC. The maximum absolute atomic E-state index is 11.3. The molecule has 112 valence electrons. The van der Waals surface area contributed by atoms with Crippen molar-refractivity contribution in [3.8, 4) is 11.5 Å². The molecule has 0 bridgehead atoms. The van der Waals surface area contributed by atoms with Gasteiger partial charge in [0.2, 0.25) is 0 Å². The molecule has 0 saturated heterocycles. The lowest BCUT2D eigenvalue weighted by atomic mass is 10.1. The Labute approximate surface area is 118 Å². The van der Waals surface area contributed by atoms with Gasteiger partial charge in [-0.25, -0.2) is 4.79 Å². The fourth-order valence-corrected chi connectivity index (χ4v) is 1.62. The molecule has 20 heavy (non-hydrogen) atoms. The highest BCUT2D eigenvalue weighted by Gasteiger charge is 2.06. The van der Waals surface area contributed by atoms with Gasteiger partial charge >= 0.3 is 6.09 Å². The van der Waals surface area contributed by atoms with Crippen LogP contribution < -0.4 is 14.8 Å². The molecule has 0 spiro atoms. The molecule has 1 aromatic rings. The molecule has 0 aromatic heterocycles. The van der Waals surface area contributed by atoms with Crippen LogP contribution in [0.4, 0.5) is 4.79 Å². The van der Waals surface area contributed by atoms with Gasteiger partial charge in [-0.2, -0.15) is 0 Å². The van der Waals surface area contributed by atoms with E-state index in [4.69, 9.17) is 19.3 Å². The molecule has 0 atom stereocenters. The van der Waals surface area contributed by atoms with Crippen molar-refractivity contribution in [3.05, 3.63) is 23.8 Å². The molecule has 0 aliphatic rings. The zero-order valence-corrected chi connectivity index (χ0v) is 11.8. The summed E-state index contributed by atoms with van der Waals surface area (Å²) in [5, 5.41) is 11.1. The lowest BCUT2D eigenvalue weighted by Gasteiger charge is -2.10. The zero-order chi connectivity index (χ0) is 14.8. The van der Waals surface area contributed by atoms with Crippen LogP contribution in [0.5, 0.6) is 11.5 Å². The molecule has 1 amide bonds. The van der Waals surface area contributed by atoms with Gasteiger partial charge in [-0.1, -0.05) is 6.07 Å². The molecule has 0 radical (unpaired) electrons. The number of hydrogen-bond donors (Lipinski definition) is 2. The summed E-state index contributed by atoms with van der Waals surface area (Å²) < 4.78 is 15.4. The Morgan fingerprint density at radius 2 is 2.00 bits per heavy atom. The summed E-state index contributed by atoms with van der Waals surface area (Å²) in [6, 6.07) is 5.57. The number of carbonyl (C=O) groups is 1. The fraction of sp³-hybridized carbons (Fsp3) is 0.500. The minimum absolute atomic E-state index is 0.0475. The molecule has 0 aliphatic heterocycles. The molecule has 1 rings (SSSR count). The Kier molecular flexibility index (Phi) is 7.27. The number of ether oxygens (including phenoxy) is 3. The first kappa shape index (κ1) is 16.1. The van der Waals surface area contributed by atoms with E-state index in [-0.39, 0.29) is 13.2 Å². The highest BCUT2D eigenvalue weighted by molar-refractivity contribution is 5.67. The van der Waals surface area contributed by atoms with Crippen molar-refractivity contribution >= 4 is 6.09 Å². The van der Waals surface area contributed by atoms with Crippen LogP contribution in [0.15, 0.2) is 18.2 Å². The van der Waals surface area contributed by atoms with Crippen LogP contribution in [0, 0.1) is 0 Å². The van der Waals surface area contributed by atoms with Crippen molar-refractivity contribution < 1.29 is 24.1 Å². The number of amides is 1. The van der Waals surface area contributed by atoms with E-state index in [1.165, 1.54) is 0 Å². The molecule has 0 aliphatic carbocycles. The molecule has 6 nitrogen and oxygen atoms in total. The molecule has 2 N–H and O–H groups in total. The zero-order valence-electron chi connectivity index (χ0n) is 11.8. The van der Waals surface area contributed by atoms with Crippen LogP contribution >= 0.6 is 0 Å². The van der Waals surface area contributed by atoms with Crippen molar-refractivity contribution in [2.45, 2.75) is 12.8 Å². The highest BCUT2D eigenvalue weighted by Crippen LogP contribution is 2.27. The Morgan fingerprint density at radius 1 is 1.25 bits per heavy atom. The molecular formula is C14H21NO5. The number of methoxy groups -OCH3 is 2. The highest BCUT2D eigenvalue weighted by atomic mass is 16.5. The van der Waals surface area contributed by atoms with Crippen LogP contribution in [0.2, 0.25) is 0 Å². The van der Waals surface area contributed by atoms with E-state index in [2.05, 4.69) is 5.32 Å². The van der Waals surface area contributed by atoms with E-state index in [1.807, 2.05) is 18.2 Å². The Balaban J connectivity index is 2.36. The third-order valence-corrected chi connectivity index (χ3v) is 2.68. The number of benzene rings is 1. The lowest BCUT2D eigenvalue weighted by molar-refractivity contribution is 0.146. The van der Waals surface area contributed by atoms with E-state index in [0.29, 0.717) is 30.9 Å².